The molecule has 1 aliphatic rings. The van der Waals surface area contributed by atoms with Crippen molar-refractivity contribution in [3.05, 3.63) is 76.0 Å². The summed E-state index contributed by atoms with van der Waals surface area (Å²) in [6.45, 7) is 3.57. The highest BCUT2D eigenvalue weighted by molar-refractivity contribution is 6.31. The average Bonchev–Trinajstić information content (AvgIpc) is 2.88. The summed E-state index contributed by atoms with van der Waals surface area (Å²) in [6, 6.07) is 13.8. The summed E-state index contributed by atoms with van der Waals surface area (Å²) in [5.41, 5.74) is 2.31. The predicted octanol–water partition coefficient (Wildman–Crippen LogP) is 4.53. The van der Waals surface area contributed by atoms with Gasteiger partial charge in [-0.25, -0.2) is 0 Å². The van der Waals surface area contributed by atoms with Crippen molar-refractivity contribution in [1.82, 2.24) is 0 Å². The van der Waals surface area contributed by atoms with Gasteiger partial charge in [0.2, 0.25) is 0 Å². The van der Waals surface area contributed by atoms with Crippen LogP contribution >= 0.6 is 11.6 Å². The van der Waals surface area contributed by atoms with Gasteiger partial charge in [-0.05, 0) is 30.2 Å². The highest BCUT2D eigenvalue weighted by Crippen LogP contribution is 2.42. The Morgan fingerprint density at radius 1 is 1.20 bits per heavy atom. The normalized spacial score (nSPS) is 17.3. The smallest absolute Gasteiger partial charge is 0.294 e. The molecule has 1 unspecified atom stereocenters. The molecule has 2 aromatic carbocycles. The van der Waals surface area contributed by atoms with E-state index in [1.54, 1.807) is 19.1 Å². The highest BCUT2D eigenvalue weighted by Gasteiger charge is 2.44. The van der Waals surface area contributed by atoms with Crippen molar-refractivity contribution in [3.8, 4) is 0 Å². The molecule has 1 heterocycles. The van der Waals surface area contributed by atoms with Gasteiger partial charge in [0.15, 0.2) is 11.5 Å². The lowest BCUT2D eigenvalue weighted by Crippen LogP contribution is -2.31. The van der Waals surface area contributed by atoms with E-state index in [1.807, 2.05) is 43.3 Å². The number of hydrogen-bond donors (Lipinski definition) is 1. The topological polar surface area (TPSA) is 57.6 Å². The molecule has 0 aliphatic carbocycles. The molecule has 4 nitrogen and oxygen atoms in total. The molecule has 1 N–H and O–H groups in total. The number of rotatable bonds is 4. The largest absolute Gasteiger partial charge is 0.503 e. The van der Waals surface area contributed by atoms with Crippen molar-refractivity contribution in [3.63, 3.8) is 0 Å². The summed E-state index contributed by atoms with van der Waals surface area (Å²) < 4.78 is 0. The monoisotopic (exact) mass is 355 g/mol. The molecule has 0 saturated carbocycles. The van der Waals surface area contributed by atoms with E-state index in [4.69, 9.17) is 11.6 Å². The molecule has 0 radical (unpaired) electrons. The second-order valence-corrected chi connectivity index (χ2v) is 6.39. The number of aliphatic hydroxyl groups excluding tert-OH is 1. The number of amides is 1. The molecule has 1 amide bonds. The predicted molar refractivity (Wildman–Crippen MR) is 97.8 cm³/mol. The minimum atomic E-state index is -0.668. The number of aryl methyl sites for hydroxylation is 1. The van der Waals surface area contributed by atoms with Crippen LogP contribution in [0.25, 0.3) is 0 Å². The Bertz CT molecular complexity index is 874. The number of ketones is 1. The van der Waals surface area contributed by atoms with Crippen molar-refractivity contribution in [2.75, 3.05) is 4.90 Å². The molecular formula is C20H18ClNO3. The van der Waals surface area contributed by atoms with Crippen molar-refractivity contribution >= 4 is 29.0 Å². The van der Waals surface area contributed by atoms with E-state index in [9.17, 15) is 14.7 Å². The fraction of sp³-hybridized carbons (Fsp3) is 0.200. The third kappa shape index (κ3) is 2.94. The fourth-order valence-corrected chi connectivity index (χ4v) is 3.29. The summed E-state index contributed by atoms with van der Waals surface area (Å²) in [4.78, 5) is 26.7. The van der Waals surface area contributed by atoms with Crippen LogP contribution in [0.1, 0.15) is 30.5 Å². The molecule has 1 atom stereocenters. The molecule has 25 heavy (non-hydrogen) atoms. The van der Waals surface area contributed by atoms with Gasteiger partial charge in [0.1, 0.15) is 0 Å². The zero-order valence-corrected chi connectivity index (χ0v) is 14.7. The van der Waals surface area contributed by atoms with E-state index >= 15 is 0 Å². The van der Waals surface area contributed by atoms with Crippen LogP contribution in [0, 0.1) is 6.92 Å². The number of halogens is 1. The number of carbonyl (C=O) groups is 2. The summed E-state index contributed by atoms with van der Waals surface area (Å²) in [6.07, 6.45) is 0.207. The molecule has 0 saturated heterocycles. The van der Waals surface area contributed by atoms with E-state index in [0.717, 1.165) is 11.1 Å². The quantitative estimate of drug-likeness (QED) is 0.876. The van der Waals surface area contributed by atoms with E-state index < -0.39 is 17.7 Å². The molecule has 1 aliphatic heterocycles. The third-order valence-electron chi connectivity index (χ3n) is 4.38. The first kappa shape index (κ1) is 17.2. The van der Waals surface area contributed by atoms with Gasteiger partial charge in [0, 0.05) is 17.1 Å². The van der Waals surface area contributed by atoms with Crippen molar-refractivity contribution in [1.29, 1.82) is 0 Å². The molecule has 128 valence electrons. The van der Waals surface area contributed by atoms with Crippen LogP contribution < -0.4 is 4.90 Å². The molecule has 0 aromatic heterocycles. The number of nitrogens with zero attached hydrogens (tertiary/aromatic N) is 1. The summed E-state index contributed by atoms with van der Waals surface area (Å²) in [5.74, 6) is -1.32. The average molecular weight is 356 g/mol. The zero-order valence-electron chi connectivity index (χ0n) is 14.0. The van der Waals surface area contributed by atoms with E-state index in [1.165, 1.54) is 4.90 Å². The number of Topliss-reactive ketones (excluding diaryl/α,β-unsaturated/α-hetero) is 1. The summed E-state index contributed by atoms with van der Waals surface area (Å²) >= 11 is 6.12. The maximum absolute atomic E-state index is 12.8. The summed E-state index contributed by atoms with van der Waals surface area (Å²) in [7, 11) is 0. The Morgan fingerprint density at radius 3 is 2.52 bits per heavy atom. The lowest BCUT2D eigenvalue weighted by molar-refractivity contribution is -0.118. The maximum atomic E-state index is 12.8. The Hall–Kier alpha value is -2.59. The Balaban J connectivity index is 2.22. The van der Waals surface area contributed by atoms with Gasteiger partial charge < -0.3 is 5.11 Å². The minimum Gasteiger partial charge on any atom is -0.503 e. The molecular weight excluding hydrogens is 338 g/mol. The second-order valence-electron chi connectivity index (χ2n) is 5.96. The third-order valence-corrected chi connectivity index (χ3v) is 4.61. The molecule has 5 heteroatoms. The van der Waals surface area contributed by atoms with E-state index in [2.05, 4.69) is 0 Å². The maximum Gasteiger partial charge on any atom is 0.294 e. The van der Waals surface area contributed by atoms with Crippen LogP contribution in [0.3, 0.4) is 0 Å². The minimum absolute atomic E-state index is 0.137. The van der Waals surface area contributed by atoms with Gasteiger partial charge in [-0.3, -0.25) is 14.5 Å². The van der Waals surface area contributed by atoms with Gasteiger partial charge in [-0.15, -0.1) is 0 Å². The Labute approximate surface area is 151 Å². The van der Waals surface area contributed by atoms with Crippen molar-refractivity contribution in [2.24, 2.45) is 0 Å². The number of hydrogen-bond acceptors (Lipinski definition) is 3. The SMILES string of the molecule is CCC(=O)C1=C(O)C(=O)N(c2cc(Cl)ccc2C)C1c1ccccc1. The van der Waals surface area contributed by atoms with Gasteiger partial charge in [0.25, 0.3) is 5.91 Å². The Morgan fingerprint density at radius 2 is 1.88 bits per heavy atom. The van der Waals surface area contributed by atoms with Crippen molar-refractivity contribution < 1.29 is 14.7 Å². The van der Waals surface area contributed by atoms with Crippen LogP contribution in [-0.4, -0.2) is 16.8 Å². The van der Waals surface area contributed by atoms with Gasteiger partial charge in [-0.1, -0.05) is 54.9 Å². The highest BCUT2D eigenvalue weighted by atomic mass is 35.5. The molecule has 0 fully saturated rings. The van der Waals surface area contributed by atoms with Gasteiger partial charge in [-0.2, -0.15) is 0 Å². The molecule has 2 aromatic rings. The molecule has 0 spiro atoms. The van der Waals surface area contributed by atoms with Crippen LogP contribution in [-0.2, 0) is 9.59 Å². The first-order valence-electron chi connectivity index (χ1n) is 8.06. The summed E-state index contributed by atoms with van der Waals surface area (Å²) in [5, 5.41) is 10.9. The van der Waals surface area contributed by atoms with Gasteiger partial charge in [0.05, 0.1) is 11.6 Å². The van der Waals surface area contributed by atoms with Gasteiger partial charge >= 0.3 is 0 Å². The first-order valence-corrected chi connectivity index (χ1v) is 8.44. The number of aliphatic hydroxyl groups is 1. The number of benzene rings is 2. The zero-order chi connectivity index (χ0) is 18.1. The van der Waals surface area contributed by atoms with Crippen LogP contribution in [0.5, 0.6) is 0 Å². The van der Waals surface area contributed by atoms with Crippen LogP contribution in [0.4, 0.5) is 5.69 Å². The fourth-order valence-electron chi connectivity index (χ4n) is 3.12. The molecule has 0 bridgehead atoms. The standard InChI is InChI=1S/C20H18ClNO3/c1-3-16(23)17-18(13-7-5-4-6-8-13)22(20(25)19(17)24)15-11-14(21)10-9-12(15)2/h4-11,18,24H,3H2,1-2H3. The first-order chi connectivity index (χ1) is 12.0. The lowest BCUT2D eigenvalue weighted by atomic mass is 9.94. The van der Waals surface area contributed by atoms with E-state index in [-0.39, 0.29) is 17.8 Å². The van der Waals surface area contributed by atoms with Crippen molar-refractivity contribution in [2.45, 2.75) is 26.3 Å². The lowest BCUT2D eigenvalue weighted by Gasteiger charge is -2.28. The molecule has 3 rings (SSSR count). The number of carbonyl (C=O) groups excluding carboxylic acids is 2. The van der Waals surface area contributed by atoms with E-state index in [0.29, 0.717) is 10.7 Å². The Kier molecular flexibility index (Phi) is 4.64. The van der Waals surface area contributed by atoms with Crippen LogP contribution in [0.2, 0.25) is 5.02 Å². The second kappa shape index (κ2) is 6.73. The number of anilines is 1. The van der Waals surface area contributed by atoms with Crippen LogP contribution in [0.15, 0.2) is 59.9 Å².